The molecule has 2 rings (SSSR count). The van der Waals surface area contributed by atoms with Crippen LogP contribution in [0.2, 0.25) is 0 Å². The van der Waals surface area contributed by atoms with Crippen molar-refractivity contribution < 1.29 is 4.79 Å². The van der Waals surface area contributed by atoms with Gasteiger partial charge in [-0.25, -0.2) is 9.97 Å². The van der Waals surface area contributed by atoms with Crippen molar-refractivity contribution in [3.05, 3.63) is 16.9 Å². The molecular weight excluding hydrogens is 320 g/mol. The number of carbonyl (C=O) groups excluding carboxylic acids is 1. The van der Waals surface area contributed by atoms with Crippen molar-refractivity contribution in [3.8, 4) is 0 Å². The molecule has 110 valence electrons. The van der Waals surface area contributed by atoms with Gasteiger partial charge < -0.3 is 10.6 Å². The number of rotatable bonds is 4. The molecule has 2 N–H and O–H groups in total. The molecule has 0 aromatic carbocycles. The van der Waals surface area contributed by atoms with Crippen molar-refractivity contribution in [3.63, 3.8) is 0 Å². The summed E-state index contributed by atoms with van der Waals surface area (Å²) in [6.45, 7) is 3.98. The van der Waals surface area contributed by atoms with Crippen LogP contribution in [0.25, 0.3) is 0 Å². The van der Waals surface area contributed by atoms with Crippen LogP contribution in [-0.2, 0) is 4.79 Å². The predicted octanol–water partition coefficient (Wildman–Crippen LogP) is 2.73. The van der Waals surface area contributed by atoms with Crippen LogP contribution >= 0.6 is 15.9 Å². The highest BCUT2D eigenvalue weighted by atomic mass is 79.9. The fourth-order valence-corrected chi connectivity index (χ4v) is 2.74. The fourth-order valence-electron chi connectivity index (χ4n) is 2.53. The molecule has 0 spiro atoms. The fraction of sp³-hybridized carbons (Fsp3) is 0.643. The van der Waals surface area contributed by atoms with Crippen molar-refractivity contribution in [2.24, 2.45) is 5.92 Å². The van der Waals surface area contributed by atoms with Crippen LogP contribution in [0.1, 0.15) is 39.5 Å². The van der Waals surface area contributed by atoms with Gasteiger partial charge in [-0.1, -0.05) is 6.42 Å². The maximum atomic E-state index is 12.1. The zero-order valence-electron chi connectivity index (χ0n) is 11.9. The van der Waals surface area contributed by atoms with Crippen LogP contribution in [0.3, 0.4) is 0 Å². The minimum Gasteiger partial charge on any atom is -0.354 e. The summed E-state index contributed by atoms with van der Waals surface area (Å²) < 4.78 is 0.862. The zero-order chi connectivity index (χ0) is 14.5. The van der Waals surface area contributed by atoms with Gasteiger partial charge in [0.15, 0.2) is 0 Å². The van der Waals surface area contributed by atoms with Crippen LogP contribution in [0.15, 0.2) is 16.9 Å². The molecule has 1 fully saturated rings. The van der Waals surface area contributed by atoms with E-state index in [0.29, 0.717) is 5.95 Å². The number of hydrogen-bond acceptors (Lipinski definition) is 4. The van der Waals surface area contributed by atoms with E-state index >= 15 is 0 Å². The summed E-state index contributed by atoms with van der Waals surface area (Å²) in [6, 6.07) is 0.471. The second-order valence-corrected chi connectivity index (χ2v) is 6.51. The second-order valence-electron chi connectivity index (χ2n) is 5.59. The highest BCUT2D eigenvalue weighted by Crippen LogP contribution is 2.26. The van der Waals surface area contributed by atoms with Gasteiger partial charge in [-0.15, -0.1) is 0 Å². The summed E-state index contributed by atoms with van der Waals surface area (Å²) in [7, 11) is 0. The average molecular weight is 341 g/mol. The molecule has 20 heavy (non-hydrogen) atoms. The maximum absolute atomic E-state index is 12.1. The first-order valence-corrected chi connectivity index (χ1v) is 7.88. The quantitative estimate of drug-likeness (QED) is 0.884. The van der Waals surface area contributed by atoms with E-state index in [0.717, 1.165) is 30.2 Å². The predicted molar refractivity (Wildman–Crippen MR) is 82.4 cm³/mol. The summed E-state index contributed by atoms with van der Waals surface area (Å²) in [5.74, 6) is 0.894. The Labute approximate surface area is 128 Å². The van der Waals surface area contributed by atoms with Gasteiger partial charge in [0.25, 0.3) is 0 Å². The summed E-state index contributed by atoms with van der Waals surface area (Å²) in [4.78, 5) is 20.5. The van der Waals surface area contributed by atoms with Crippen molar-refractivity contribution in [2.45, 2.75) is 51.6 Å². The lowest BCUT2D eigenvalue weighted by molar-refractivity contribution is -0.126. The first-order valence-electron chi connectivity index (χ1n) is 7.09. The normalized spacial score (nSPS) is 22.6. The first-order chi connectivity index (χ1) is 9.54. The van der Waals surface area contributed by atoms with Gasteiger partial charge in [0, 0.05) is 30.4 Å². The number of nitrogens with one attached hydrogen (secondary N) is 2. The van der Waals surface area contributed by atoms with E-state index in [1.807, 2.05) is 13.8 Å². The van der Waals surface area contributed by atoms with E-state index < -0.39 is 0 Å². The lowest BCUT2D eigenvalue weighted by Gasteiger charge is -2.29. The van der Waals surface area contributed by atoms with Crippen LogP contribution in [0.5, 0.6) is 0 Å². The summed E-state index contributed by atoms with van der Waals surface area (Å²) in [5, 5.41) is 6.32. The third-order valence-electron chi connectivity index (χ3n) is 3.43. The van der Waals surface area contributed by atoms with Crippen LogP contribution in [0.4, 0.5) is 5.95 Å². The molecule has 1 aliphatic carbocycles. The molecule has 2 unspecified atom stereocenters. The molecule has 5 nitrogen and oxygen atoms in total. The largest absolute Gasteiger partial charge is 0.354 e. The highest BCUT2D eigenvalue weighted by molar-refractivity contribution is 9.10. The minimum atomic E-state index is 0.0964. The van der Waals surface area contributed by atoms with Gasteiger partial charge in [0.05, 0.1) is 4.47 Å². The molecule has 1 aromatic rings. The minimum absolute atomic E-state index is 0.0964. The molecule has 2 atom stereocenters. The number of nitrogens with zero attached hydrogens (tertiary/aromatic N) is 2. The SMILES string of the molecule is CC(C)NC(=O)C1CCCC(Nc2ncc(Br)cn2)C1. The lowest BCUT2D eigenvalue weighted by atomic mass is 9.85. The van der Waals surface area contributed by atoms with Gasteiger partial charge >= 0.3 is 0 Å². The topological polar surface area (TPSA) is 66.9 Å². The number of anilines is 1. The second kappa shape index (κ2) is 7.02. The van der Waals surface area contributed by atoms with Gasteiger partial charge in [0.1, 0.15) is 0 Å². The van der Waals surface area contributed by atoms with E-state index in [9.17, 15) is 4.79 Å². The Bertz CT molecular complexity index is 449. The average Bonchev–Trinajstić information content (AvgIpc) is 2.41. The van der Waals surface area contributed by atoms with Crippen molar-refractivity contribution in [1.82, 2.24) is 15.3 Å². The Morgan fingerprint density at radius 3 is 2.70 bits per heavy atom. The number of hydrogen-bond donors (Lipinski definition) is 2. The van der Waals surface area contributed by atoms with Crippen LogP contribution in [-0.4, -0.2) is 28.0 Å². The first kappa shape index (κ1) is 15.2. The Hall–Kier alpha value is -1.17. The van der Waals surface area contributed by atoms with Crippen LogP contribution in [0, 0.1) is 5.92 Å². The Morgan fingerprint density at radius 1 is 1.35 bits per heavy atom. The van der Waals surface area contributed by atoms with Gasteiger partial charge in [-0.05, 0) is 49.0 Å². The summed E-state index contributed by atoms with van der Waals surface area (Å²) in [5.41, 5.74) is 0. The molecule has 6 heteroatoms. The van der Waals surface area contributed by atoms with Gasteiger partial charge in [0.2, 0.25) is 11.9 Å². The number of amides is 1. The molecule has 1 aliphatic rings. The standard InChI is InChI=1S/C14H21BrN4O/c1-9(2)18-13(20)10-4-3-5-12(6-10)19-14-16-7-11(15)8-17-14/h7-10,12H,3-6H2,1-2H3,(H,18,20)(H,16,17,19). The van der Waals surface area contributed by atoms with Crippen molar-refractivity contribution >= 4 is 27.8 Å². The molecule has 0 aliphatic heterocycles. The molecule has 1 aromatic heterocycles. The van der Waals surface area contributed by atoms with Crippen molar-refractivity contribution in [1.29, 1.82) is 0 Å². The van der Waals surface area contributed by atoms with E-state index in [2.05, 4.69) is 36.5 Å². The molecule has 1 heterocycles. The summed E-state index contributed by atoms with van der Waals surface area (Å²) >= 11 is 3.32. The summed E-state index contributed by atoms with van der Waals surface area (Å²) in [6.07, 6.45) is 7.38. The molecule has 0 radical (unpaired) electrons. The van der Waals surface area contributed by atoms with E-state index in [4.69, 9.17) is 0 Å². The number of aromatic nitrogens is 2. The van der Waals surface area contributed by atoms with Gasteiger partial charge in [-0.2, -0.15) is 0 Å². The third-order valence-corrected chi connectivity index (χ3v) is 3.84. The van der Waals surface area contributed by atoms with Gasteiger partial charge in [-0.3, -0.25) is 4.79 Å². The molecule has 1 saturated carbocycles. The smallest absolute Gasteiger partial charge is 0.223 e. The van der Waals surface area contributed by atoms with E-state index in [1.54, 1.807) is 12.4 Å². The van der Waals surface area contributed by atoms with Crippen LogP contribution < -0.4 is 10.6 Å². The number of halogens is 1. The Morgan fingerprint density at radius 2 is 2.05 bits per heavy atom. The van der Waals surface area contributed by atoms with E-state index in [-0.39, 0.29) is 23.9 Å². The van der Waals surface area contributed by atoms with Crippen molar-refractivity contribution in [2.75, 3.05) is 5.32 Å². The monoisotopic (exact) mass is 340 g/mol. The highest BCUT2D eigenvalue weighted by Gasteiger charge is 2.27. The maximum Gasteiger partial charge on any atom is 0.223 e. The lowest BCUT2D eigenvalue weighted by Crippen LogP contribution is -2.40. The molecule has 0 bridgehead atoms. The Balaban J connectivity index is 1.90. The number of carbonyl (C=O) groups is 1. The molecular formula is C14H21BrN4O. The third kappa shape index (κ3) is 4.44. The molecule has 0 saturated heterocycles. The molecule has 1 amide bonds. The Kier molecular flexibility index (Phi) is 5.34. The zero-order valence-corrected chi connectivity index (χ0v) is 13.5. The van der Waals surface area contributed by atoms with E-state index in [1.165, 1.54) is 0 Å².